The van der Waals surface area contributed by atoms with Gasteiger partial charge in [0.1, 0.15) is 0 Å². The number of hydrogen-bond acceptors (Lipinski definition) is 4. The van der Waals surface area contributed by atoms with Crippen LogP contribution in [0.3, 0.4) is 0 Å². The van der Waals surface area contributed by atoms with Crippen molar-refractivity contribution >= 4 is 46.9 Å². The maximum atomic E-state index is 12.7. The number of anilines is 2. The molecular weight excluding hydrogens is 416 g/mol. The van der Waals surface area contributed by atoms with Crippen molar-refractivity contribution in [2.45, 2.75) is 6.92 Å². The van der Waals surface area contributed by atoms with Gasteiger partial charge in [-0.05, 0) is 54.4 Å². The summed E-state index contributed by atoms with van der Waals surface area (Å²) < 4.78 is 0. The molecular formula is C23H19ClN4O3. The molecule has 0 aromatic heterocycles. The van der Waals surface area contributed by atoms with Crippen LogP contribution in [0.4, 0.5) is 11.4 Å². The lowest BCUT2D eigenvalue weighted by Gasteiger charge is -2.11. The summed E-state index contributed by atoms with van der Waals surface area (Å²) in [5.41, 5.74) is 4.83. The quantitative estimate of drug-likeness (QED) is 0.321. The van der Waals surface area contributed by atoms with Crippen LogP contribution in [0.5, 0.6) is 0 Å². The first-order valence-corrected chi connectivity index (χ1v) is 9.67. The lowest BCUT2D eigenvalue weighted by Crippen LogP contribution is -2.33. The third-order valence-corrected chi connectivity index (χ3v) is 4.37. The summed E-state index contributed by atoms with van der Waals surface area (Å²) >= 11 is 5.88. The van der Waals surface area contributed by atoms with Crippen LogP contribution in [0.25, 0.3) is 0 Å². The second-order valence-electron chi connectivity index (χ2n) is 6.58. The van der Waals surface area contributed by atoms with Gasteiger partial charge in [0, 0.05) is 10.7 Å². The first-order valence-electron chi connectivity index (χ1n) is 9.29. The highest BCUT2D eigenvalue weighted by Crippen LogP contribution is 2.18. The summed E-state index contributed by atoms with van der Waals surface area (Å²) in [4.78, 5) is 36.9. The second-order valence-corrected chi connectivity index (χ2v) is 7.01. The Balaban J connectivity index is 1.64. The van der Waals surface area contributed by atoms with E-state index in [-0.39, 0.29) is 11.3 Å². The number of nitrogens with zero attached hydrogens (tertiary/aromatic N) is 1. The molecule has 0 heterocycles. The predicted molar refractivity (Wildman–Crippen MR) is 121 cm³/mol. The van der Waals surface area contributed by atoms with E-state index in [0.717, 1.165) is 5.56 Å². The minimum Gasteiger partial charge on any atom is -0.322 e. The second kappa shape index (κ2) is 10.2. The highest BCUT2D eigenvalue weighted by molar-refractivity contribution is 6.40. The van der Waals surface area contributed by atoms with Crippen LogP contribution >= 0.6 is 11.6 Å². The van der Waals surface area contributed by atoms with Crippen LogP contribution < -0.4 is 16.1 Å². The number of aryl methyl sites for hydroxylation is 1. The predicted octanol–water partition coefficient (Wildman–Crippen LogP) is 3.99. The van der Waals surface area contributed by atoms with Crippen molar-refractivity contribution < 1.29 is 14.4 Å². The van der Waals surface area contributed by atoms with E-state index in [1.165, 1.54) is 12.3 Å². The number of para-hydroxylation sites is 1. The van der Waals surface area contributed by atoms with Crippen LogP contribution in [0.1, 0.15) is 21.5 Å². The molecule has 156 valence electrons. The molecule has 0 fully saturated rings. The van der Waals surface area contributed by atoms with Crippen molar-refractivity contribution in [1.82, 2.24) is 5.43 Å². The number of carbonyl (C=O) groups excluding carboxylic acids is 3. The summed E-state index contributed by atoms with van der Waals surface area (Å²) in [6, 6.07) is 20.6. The fourth-order valence-corrected chi connectivity index (χ4v) is 2.89. The van der Waals surface area contributed by atoms with E-state index in [0.29, 0.717) is 16.3 Å². The number of halogens is 1. The summed E-state index contributed by atoms with van der Waals surface area (Å²) in [5, 5.41) is 9.48. The number of benzene rings is 3. The number of hydrazone groups is 1. The number of nitrogens with one attached hydrogen (secondary N) is 3. The fourth-order valence-electron chi connectivity index (χ4n) is 2.69. The average Bonchev–Trinajstić information content (AvgIpc) is 2.74. The van der Waals surface area contributed by atoms with Crippen LogP contribution in [-0.4, -0.2) is 23.9 Å². The average molecular weight is 435 g/mol. The smallest absolute Gasteiger partial charge is 0.322 e. The molecule has 0 spiro atoms. The highest BCUT2D eigenvalue weighted by atomic mass is 35.5. The first-order chi connectivity index (χ1) is 14.9. The highest BCUT2D eigenvalue weighted by Gasteiger charge is 2.17. The zero-order valence-corrected chi connectivity index (χ0v) is 17.3. The molecule has 0 aliphatic heterocycles. The third-order valence-electron chi connectivity index (χ3n) is 4.13. The Labute approximate surface area is 184 Å². The first kappa shape index (κ1) is 21.7. The number of hydrogen-bond donors (Lipinski definition) is 3. The summed E-state index contributed by atoms with van der Waals surface area (Å²) in [7, 11) is 0. The number of amides is 3. The molecule has 3 aromatic rings. The molecule has 3 rings (SSSR count). The maximum absolute atomic E-state index is 12.7. The molecule has 3 N–H and O–H groups in total. The molecule has 8 heteroatoms. The summed E-state index contributed by atoms with van der Waals surface area (Å²) in [6.45, 7) is 1.91. The van der Waals surface area contributed by atoms with Gasteiger partial charge >= 0.3 is 11.8 Å². The van der Waals surface area contributed by atoms with Crippen molar-refractivity contribution in [3.8, 4) is 0 Å². The molecule has 0 aliphatic carbocycles. The normalized spacial score (nSPS) is 10.5. The Bertz CT molecular complexity index is 1160. The van der Waals surface area contributed by atoms with Crippen molar-refractivity contribution in [3.05, 3.63) is 94.5 Å². The zero-order valence-electron chi connectivity index (χ0n) is 16.6. The van der Waals surface area contributed by atoms with Crippen molar-refractivity contribution in [2.75, 3.05) is 10.6 Å². The van der Waals surface area contributed by atoms with Gasteiger partial charge in [-0.15, -0.1) is 0 Å². The van der Waals surface area contributed by atoms with Crippen LogP contribution in [-0.2, 0) is 9.59 Å². The Kier molecular flexibility index (Phi) is 7.13. The molecule has 0 unspecified atom stereocenters. The molecule has 3 amide bonds. The van der Waals surface area contributed by atoms with Crippen LogP contribution in [0.15, 0.2) is 77.9 Å². The van der Waals surface area contributed by atoms with E-state index in [4.69, 9.17) is 11.6 Å². The van der Waals surface area contributed by atoms with Crippen molar-refractivity contribution in [2.24, 2.45) is 5.10 Å². The Morgan fingerprint density at radius 3 is 2.42 bits per heavy atom. The molecule has 0 atom stereocenters. The van der Waals surface area contributed by atoms with Gasteiger partial charge in [-0.25, -0.2) is 5.43 Å². The topological polar surface area (TPSA) is 99.7 Å². The van der Waals surface area contributed by atoms with Gasteiger partial charge in [0.2, 0.25) is 0 Å². The van der Waals surface area contributed by atoms with Gasteiger partial charge in [-0.2, -0.15) is 5.10 Å². The van der Waals surface area contributed by atoms with E-state index in [2.05, 4.69) is 21.2 Å². The molecule has 0 bridgehead atoms. The Morgan fingerprint density at radius 1 is 0.871 bits per heavy atom. The standard InChI is InChI=1S/C23H19ClN4O3/c1-15-6-4-9-18(12-15)26-21(29)19-10-2-3-11-20(19)27-22(30)23(31)28-25-14-16-7-5-8-17(24)13-16/h2-14H,1H3,(H,26,29)(H,27,30)(H,28,31)/b25-14-. The number of carbonyl (C=O) groups is 3. The minimum atomic E-state index is -0.979. The minimum absolute atomic E-state index is 0.201. The molecule has 0 radical (unpaired) electrons. The SMILES string of the molecule is Cc1cccc(NC(=O)c2ccccc2NC(=O)C(=O)N/N=C\c2cccc(Cl)c2)c1. The molecule has 0 aliphatic rings. The molecule has 0 saturated carbocycles. The van der Waals surface area contributed by atoms with E-state index < -0.39 is 17.7 Å². The van der Waals surface area contributed by atoms with Gasteiger partial charge in [0.05, 0.1) is 17.5 Å². The van der Waals surface area contributed by atoms with Gasteiger partial charge in [-0.3, -0.25) is 14.4 Å². The molecule has 3 aromatic carbocycles. The zero-order chi connectivity index (χ0) is 22.2. The van der Waals surface area contributed by atoms with Crippen molar-refractivity contribution in [3.63, 3.8) is 0 Å². The van der Waals surface area contributed by atoms with E-state index in [9.17, 15) is 14.4 Å². The van der Waals surface area contributed by atoms with Gasteiger partial charge in [0.15, 0.2) is 0 Å². The lowest BCUT2D eigenvalue weighted by atomic mass is 10.1. The third kappa shape index (κ3) is 6.25. The van der Waals surface area contributed by atoms with Crippen LogP contribution in [0, 0.1) is 6.92 Å². The summed E-state index contributed by atoms with van der Waals surface area (Å²) in [5.74, 6) is -2.35. The maximum Gasteiger partial charge on any atom is 0.329 e. The fraction of sp³-hybridized carbons (Fsp3) is 0.0435. The molecule has 0 saturated heterocycles. The van der Waals surface area contributed by atoms with Gasteiger partial charge in [-0.1, -0.05) is 48.0 Å². The van der Waals surface area contributed by atoms with E-state index in [1.54, 1.807) is 48.5 Å². The van der Waals surface area contributed by atoms with Gasteiger partial charge < -0.3 is 10.6 Å². The van der Waals surface area contributed by atoms with Crippen LogP contribution in [0.2, 0.25) is 5.02 Å². The Morgan fingerprint density at radius 2 is 1.65 bits per heavy atom. The van der Waals surface area contributed by atoms with E-state index >= 15 is 0 Å². The van der Waals surface area contributed by atoms with E-state index in [1.807, 2.05) is 25.1 Å². The lowest BCUT2D eigenvalue weighted by molar-refractivity contribution is -0.136. The summed E-state index contributed by atoms with van der Waals surface area (Å²) in [6.07, 6.45) is 1.36. The Hall–Kier alpha value is -3.97. The largest absolute Gasteiger partial charge is 0.329 e. The van der Waals surface area contributed by atoms with Gasteiger partial charge in [0.25, 0.3) is 5.91 Å². The monoisotopic (exact) mass is 434 g/mol. The number of rotatable bonds is 5. The molecule has 31 heavy (non-hydrogen) atoms. The van der Waals surface area contributed by atoms with Crippen molar-refractivity contribution in [1.29, 1.82) is 0 Å². The molecule has 7 nitrogen and oxygen atoms in total.